The van der Waals surface area contributed by atoms with E-state index in [-0.39, 0.29) is 5.91 Å². The van der Waals surface area contributed by atoms with Crippen LogP contribution in [-0.2, 0) is 4.74 Å². The van der Waals surface area contributed by atoms with E-state index in [1.165, 1.54) is 6.33 Å². The maximum atomic E-state index is 12.0. The molecule has 2 N–H and O–H groups in total. The van der Waals surface area contributed by atoms with Gasteiger partial charge in [-0.1, -0.05) is 19.8 Å². The Bertz CT molecular complexity index is 477. The molecule has 0 saturated carbocycles. The predicted octanol–water partition coefficient (Wildman–Crippen LogP) is 1.14. The molecule has 7 heteroatoms. The Hall–Kier alpha value is -1.73. The number of unbranched alkanes of at least 4 members (excludes halogenated alkanes) is 2. The molecule has 23 heavy (non-hydrogen) atoms. The van der Waals surface area contributed by atoms with Gasteiger partial charge < -0.3 is 15.4 Å². The third-order valence-electron chi connectivity index (χ3n) is 3.80. The SMILES string of the molecule is CCCCCNC(=O)c1cc(NCCN2CCOCC2)ncn1. The molecule has 1 fully saturated rings. The van der Waals surface area contributed by atoms with E-state index in [2.05, 4.69) is 32.4 Å². The van der Waals surface area contributed by atoms with Gasteiger partial charge in [0.1, 0.15) is 17.8 Å². The van der Waals surface area contributed by atoms with Crippen molar-refractivity contribution in [2.75, 3.05) is 51.3 Å². The van der Waals surface area contributed by atoms with Crippen molar-refractivity contribution in [2.24, 2.45) is 0 Å². The summed E-state index contributed by atoms with van der Waals surface area (Å²) in [6.45, 7) is 8.09. The molecule has 1 aliphatic rings. The maximum Gasteiger partial charge on any atom is 0.270 e. The second kappa shape index (κ2) is 10.1. The van der Waals surface area contributed by atoms with E-state index in [4.69, 9.17) is 4.74 Å². The number of hydrogen-bond acceptors (Lipinski definition) is 6. The van der Waals surface area contributed by atoms with Crippen molar-refractivity contribution in [3.8, 4) is 0 Å². The summed E-state index contributed by atoms with van der Waals surface area (Å²) in [6.07, 6.45) is 4.69. The minimum atomic E-state index is -0.139. The minimum Gasteiger partial charge on any atom is -0.379 e. The van der Waals surface area contributed by atoms with Crippen LogP contribution in [0.4, 0.5) is 5.82 Å². The summed E-state index contributed by atoms with van der Waals surface area (Å²) in [5, 5.41) is 6.14. The number of nitrogens with zero attached hydrogens (tertiary/aromatic N) is 3. The van der Waals surface area contributed by atoms with E-state index in [0.29, 0.717) is 18.1 Å². The normalized spacial score (nSPS) is 15.3. The number of carbonyl (C=O) groups excluding carboxylic acids is 1. The minimum absolute atomic E-state index is 0.139. The van der Waals surface area contributed by atoms with Crippen LogP contribution in [0.25, 0.3) is 0 Å². The molecular formula is C16H27N5O2. The van der Waals surface area contributed by atoms with Crippen molar-refractivity contribution in [3.63, 3.8) is 0 Å². The molecule has 0 spiro atoms. The molecular weight excluding hydrogens is 294 g/mol. The smallest absolute Gasteiger partial charge is 0.270 e. The number of nitrogens with one attached hydrogen (secondary N) is 2. The number of amides is 1. The first-order valence-corrected chi connectivity index (χ1v) is 8.44. The van der Waals surface area contributed by atoms with Gasteiger partial charge in [-0.25, -0.2) is 9.97 Å². The van der Waals surface area contributed by atoms with E-state index >= 15 is 0 Å². The largest absolute Gasteiger partial charge is 0.379 e. The zero-order chi connectivity index (χ0) is 16.3. The number of rotatable bonds is 9. The highest BCUT2D eigenvalue weighted by atomic mass is 16.5. The van der Waals surface area contributed by atoms with Crippen molar-refractivity contribution in [2.45, 2.75) is 26.2 Å². The van der Waals surface area contributed by atoms with Gasteiger partial charge in [0, 0.05) is 38.8 Å². The van der Waals surface area contributed by atoms with Crippen LogP contribution in [0.2, 0.25) is 0 Å². The second-order valence-electron chi connectivity index (χ2n) is 5.63. The van der Waals surface area contributed by atoms with Gasteiger partial charge >= 0.3 is 0 Å². The highest BCUT2D eigenvalue weighted by Crippen LogP contribution is 2.04. The topological polar surface area (TPSA) is 79.4 Å². The van der Waals surface area contributed by atoms with Gasteiger partial charge in [-0.15, -0.1) is 0 Å². The Labute approximate surface area is 137 Å². The van der Waals surface area contributed by atoms with Crippen LogP contribution in [0.3, 0.4) is 0 Å². The standard InChI is InChI=1S/C16H27N5O2/c1-2-3-4-5-18-16(22)14-12-15(20-13-19-14)17-6-7-21-8-10-23-11-9-21/h12-13H,2-11H2,1H3,(H,18,22)(H,17,19,20). The Morgan fingerprint density at radius 2 is 2.09 bits per heavy atom. The molecule has 0 unspecified atom stereocenters. The summed E-state index contributed by atoms with van der Waals surface area (Å²) in [5.41, 5.74) is 0.408. The Morgan fingerprint density at radius 3 is 2.87 bits per heavy atom. The summed E-state index contributed by atoms with van der Waals surface area (Å²) in [4.78, 5) is 22.6. The Balaban J connectivity index is 1.73. The molecule has 1 aromatic rings. The second-order valence-corrected chi connectivity index (χ2v) is 5.63. The molecule has 7 nitrogen and oxygen atoms in total. The number of carbonyl (C=O) groups is 1. The fourth-order valence-corrected chi connectivity index (χ4v) is 2.41. The van der Waals surface area contributed by atoms with E-state index < -0.39 is 0 Å². The van der Waals surface area contributed by atoms with E-state index in [9.17, 15) is 4.79 Å². The van der Waals surface area contributed by atoms with Gasteiger partial charge in [0.05, 0.1) is 13.2 Å². The maximum absolute atomic E-state index is 12.0. The average Bonchev–Trinajstić information content (AvgIpc) is 2.60. The molecule has 0 radical (unpaired) electrons. The van der Waals surface area contributed by atoms with Crippen LogP contribution in [0.1, 0.15) is 36.7 Å². The predicted molar refractivity (Wildman–Crippen MR) is 89.6 cm³/mol. The van der Waals surface area contributed by atoms with Crippen molar-refractivity contribution in [1.82, 2.24) is 20.2 Å². The highest BCUT2D eigenvalue weighted by Gasteiger charge is 2.10. The third kappa shape index (κ3) is 6.50. The van der Waals surface area contributed by atoms with Gasteiger partial charge in [-0.2, -0.15) is 0 Å². The molecule has 1 saturated heterocycles. The number of morpholine rings is 1. The summed E-state index contributed by atoms with van der Waals surface area (Å²) in [7, 11) is 0. The van der Waals surface area contributed by atoms with Crippen LogP contribution >= 0.6 is 0 Å². The van der Waals surface area contributed by atoms with E-state index in [1.54, 1.807) is 6.07 Å². The summed E-state index contributed by atoms with van der Waals surface area (Å²) < 4.78 is 5.33. The average molecular weight is 321 g/mol. The number of hydrogen-bond donors (Lipinski definition) is 2. The number of anilines is 1. The molecule has 0 aromatic carbocycles. The first kappa shape index (κ1) is 17.6. The van der Waals surface area contributed by atoms with Crippen LogP contribution in [0, 0.1) is 0 Å². The fourth-order valence-electron chi connectivity index (χ4n) is 2.41. The Kier molecular flexibility index (Phi) is 7.75. The van der Waals surface area contributed by atoms with Crippen LogP contribution in [0.5, 0.6) is 0 Å². The number of aromatic nitrogens is 2. The molecule has 128 valence electrons. The first-order valence-electron chi connectivity index (χ1n) is 8.44. The third-order valence-corrected chi connectivity index (χ3v) is 3.80. The van der Waals surface area contributed by atoms with Gasteiger partial charge in [0.15, 0.2) is 0 Å². The Morgan fingerprint density at radius 1 is 1.26 bits per heavy atom. The molecule has 1 amide bonds. The molecule has 0 aliphatic carbocycles. The molecule has 0 atom stereocenters. The highest BCUT2D eigenvalue weighted by molar-refractivity contribution is 5.92. The van der Waals surface area contributed by atoms with Gasteiger partial charge in [0.25, 0.3) is 5.91 Å². The zero-order valence-corrected chi connectivity index (χ0v) is 13.9. The lowest BCUT2D eigenvalue weighted by molar-refractivity contribution is 0.0398. The number of ether oxygens (including phenoxy) is 1. The van der Waals surface area contributed by atoms with Crippen molar-refractivity contribution in [3.05, 3.63) is 18.1 Å². The fraction of sp³-hybridized carbons (Fsp3) is 0.688. The monoisotopic (exact) mass is 321 g/mol. The van der Waals surface area contributed by atoms with Crippen molar-refractivity contribution in [1.29, 1.82) is 0 Å². The van der Waals surface area contributed by atoms with Crippen molar-refractivity contribution < 1.29 is 9.53 Å². The van der Waals surface area contributed by atoms with Crippen LogP contribution in [0.15, 0.2) is 12.4 Å². The summed E-state index contributed by atoms with van der Waals surface area (Å²) in [6, 6.07) is 1.70. The van der Waals surface area contributed by atoms with Crippen LogP contribution in [-0.4, -0.2) is 66.7 Å². The lowest BCUT2D eigenvalue weighted by atomic mass is 10.2. The zero-order valence-electron chi connectivity index (χ0n) is 13.9. The lowest BCUT2D eigenvalue weighted by Crippen LogP contribution is -2.39. The molecule has 2 rings (SSSR count). The van der Waals surface area contributed by atoms with Gasteiger partial charge in [-0.05, 0) is 6.42 Å². The summed E-state index contributed by atoms with van der Waals surface area (Å²) in [5.74, 6) is 0.548. The van der Waals surface area contributed by atoms with E-state index in [0.717, 1.165) is 58.7 Å². The lowest BCUT2D eigenvalue weighted by Gasteiger charge is -2.26. The quantitative estimate of drug-likeness (QED) is 0.664. The van der Waals surface area contributed by atoms with Gasteiger partial charge in [-0.3, -0.25) is 9.69 Å². The summed E-state index contributed by atoms with van der Waals surface area (Å²) >= 11 is 0. The van der Waals surface area contributed by atoms with E-state index in [1.807, 2.05) is 0 Å². The molecule has 1 aliphatic heterocycles. The molecule has 2 heterocycles. The van der Waals surface area contributed by atoms with Crippen LogP contribution < -0.4 is 10.6 Å². The molecule has 1 aromatic heterocycles. The van der Waals surface area contributed by atoms with Crippen molar-refractivity contribution >= 4 is 11.7 Å². The first-order chi connectivity index (χ1) is 11.3. The molecule has 0 bridgehead atoms. The van der Waals surface area contributed by atoms with Gasteiger partial charge in [0.2, 0.25) is 0 Å².